The molecule has 0 radical (unpaired) electrons. The number of fused-ring (bicyclic) bond motifs is 1. The molecule has 2 aliphatic rings. The number of rotatable bonds is 5. The summed E-state index contributed by atoms with van der Waals surface area (Å²) in [7, 11) is 0. The Morgan fingerprint density at radius 3 is 2.48 bits per heavy atom. The minimum Gasteiger partial charge on any atom is -0.390 e. The molecule has 2 saturated carbocycles. The SMILES string of the molecule is CC(CCC(C)(C)O)C(C)C1CCC2C(C)CCCC21C. The molecule has 0 spiro atoms. The third-order valence-corrected chi connectivity index (χ3v) is 7.29. The summed E-state index contributed by atoms with van der Waals surface area (Å²) >= 11 is 0. The highest BCUT2D eigenvalue weighted by Gasteiger charge is 2.51. The molecule has 0 aromatic heterocycles. The van der Waals surface area contributed by atoms with Gasteiger partial charge >= 0.3 is 0 Å². The van der Waals surface area contributed by atoms with Crippen LogP contribution >= 0.6 is 0 Å². The predicted octanol–water partition coefficient (Wildman–Crippen LogP) is 5.66. The molecule has 0 amide bonds. The quantitative estimate of drug-likeness (QED) is 0.693. The van der Waals surface area contributed by atoms with Crippen LogP contribution in [0, 0.1) is 35.0 Å². The molecule has 0 saturated heterocycles. The molecule has 1 heteroatoms. The summed E-state index contributed by atoms with van der Waals surface area (Å²) in [5.74, 6) is 4.34. The summed E-state index contributed by atoms with van der Waals surface area (Å²) < 4.78 is 0. The Kier molecular flexibility index (Phi) is 5.13. The highest BCUT2D eigenvalue weighted by atomic mass is 16.3. The van der Waals surface area contributed by atoms with Crippen molar-refractivity contribution in [1.29, 1.82) is 0 Å². The minimum absolute atomic E-state index is 0.505. The average molecular weight is 295 g/mol. The van der Waals surface area contributed by atoms with Crippen molar-refractivity contribution in [3.8, 4) is 0 Å². The molecule has 124 valence electrons. The summed E-state index contributed by atoms with van der Waals surface area (Å²) in [6.45, 7) is 13.9. The van der Waals surface area contributed by atoms with Crippen molar-refractivity contribution in [2.45, 2.75) is 92.1 Å². The van der Waals surface area contributed by atoms with Gasteiger partial charge in [-0.15, -0.1) is 0 Å². The molecule has 6 atom stereocenters. The Bertz CT molecular complexity index is 342. The van der Waals surface area contributed by atoms with Crippen molar-refractivity contribution in [2.75, 3.05) is 0 Å². The standard InChI is InChI=1S/C20H38O/c1-14(11-13-19(4,5)21)16(3)18-10-9-17-15(2)8-7-12-20(17,18)6/h14-18,21H,7-13H2,1-6H3. The van der Waals surface area contributed by atoms with E-state index in [1.165, 1.54) is 32.1 Å². The Labute approximate surface area is 132 Å². The van der Waals surface area contributed by atoms with E-state index in [2.05, 4.69) is 27.7 Å². The summed E-state index contributed by atoms with van der Waals surface area (Å²) in [4.78, 5) is 0. The molecule has 0 bridgehead atoms. The van der Waals surface area contributed by atoms with Gasteiger partial charge in [0.2, 0.25) is 0 Å². The first-order valence-electron chi connectivity index (χ1n) is 9.37. The normalized spacial score (nSPS) is 39.9. The van der Waals surface area contributed by atoms with Crippen molar-refractivity contribution in [3.63, 3.8) is 0 Å². The van der Waals surface area contributed by atoms with Gasteiger partial charge in [0.05, 0.1) is 5.60 Å². The van der Waals surface area contributed by atoms with Crippen molar-refractivity contribution in [1.82, 2.24) is 0 Å². The average Bonchev–Trinajstić information content (AvgIpc) is 2.73. The highest BCUT2D eigenvalue weighted by molar-refractivity contribution is 5.01. The van der Waals surface area contributed by atoms with Gasteiger partial charge in [-0.2, -0.15) is 0 Å². The minimum atomic E-state index is -0.505. The molecule has 21 heavy (non-hydrogen) atoms. The van der Waals surface area contributed by atoms with Gasteiger partial charge in [-0.3, -0.25) is 0 Å². The van der Waals surface area contributed by atoms with Gasteiger partial charge in [0.1, 0.15) is 0 Å². The van der Waals surface area contributed by atoms with Crippen LogP contribution < -0.4 is 0 Å². The van der Waals surface area contributed by atoms with Gasteiger partial charge in [0.25, 0.3) is 0 Å². The number of hydrogen-bond acceptors (Lipinski definition) is 1. The maximum Gasteiger partial charge on any atom is 0.0591 e. The topological polar surface area (TPSA) is 20.2 Å². The molecule has 1 nitrogen and oxygen atoms in total. The molecule has 0 aromatic carbocycles. The van der Waals surface area contributed by atoms with E-state index in [9.17, 15) is 5.11 Å². The van der Waals surface area contributed by atoms with E-state index in [0.717, 1.165) is 42.4 Å². The number of aliphatic hydroxyl groups is 1. The Morgan fingerprint density at radius 2 is 1.86 bits per heavy atom. The van der Waals surface area contributed by atoms with Gasteiger partial charge in [-0.05, 0) is 81.0 Å². The molecule has 1 N–H and O–H groups in total. The molecule has 0 heterocycles. The van der Waals surface area contributed by atoms with Crippen LogP contribution in [0.15, 0.2) is 0 Å². The zero-order valence-corrected chi connectivity index (χ0v) is 15.3. The monoisotopic (exact) mass is 294 g/mol. The molecule has 2 rings (SSSR count). The summed E-state index contributed by atoms with van der Waals surface area (Å²) in [5.41, 5.74) is 0.0928. The van der Waals surface area contributed by atoms with E-state index in [1.54, 1.807) is 0 Å². The first-order chi connectivity index (χ1) is 9.65. The summed E-state index contributed by atoms with van der Waals surface area (Å²) in [5, 5.41) is 9.99. The third kappa shape index (κ3) is 3.66. The van der Waals surface area contributed by atoms with Crippen LogP contribution in [0.2, 0.25) is 0 Å². The van der Waals surface area contributed by atoms with Crippen molar-refractivity contribution in [2.24, 2.45) is 35.0 Å². The second kappa shape index (κ2) is 6.22. The predicted molar refractivity (Wildman–Crippen MR) is 91.2 cm³/mol. The Hall–Kier alpha value is -0.0400. The first kappa shape index (κ1) is 17.3. The van der Waals surface area contributed by atoms with Crippen molar-refractivity contribution < 1.29 is 5.11 Å². The summed E-state index contributed by atoms with van der Waals surface area (Å²) in [6.07, 6.45) is 9.35. The fourth-order valence-corrected chi connectivity index (χ4v) is 5.71. The first-order valence-corrected chi connectivity index (χ1v) is 9.37. The lowest BCUT2D eigenvalue weighted by molar-refractivity contribution is 0.0170. The second-order valence-electron chi connectivity index (χ2n) is 9.35. The second-order valence-corrected chi connectivity index (χ2v) is 9.35. The molecule has 0 aliphatic heterocycles. The molecule has 6 unspecified atom stereocenters. The molecular weight excluding hydrogens is 256 g/mol. The lowest BCUT2D eigenvalue weighted by Crippen LogP contribution is -2.39. The van der Waals surface area contributed by atoms with E-state index in [-0.39, 0.29) is 0 Å². The zero-order chi connectivity index (χ0) is 15.8. The Balaban J connectivity index is 2.00. The fraction of sp³-hybridized carbons (Fsp3) is 1.00. The van der Waals surface area contributed by atoms with Gasteiger partial charge in [-0.1, -0.05) is 40.5 Å². The van der Waals surface area contributed by atoms with E-state index in [4.69, 9.17) is 0 Å². The number of hydrogen-bond donors (Lipinski definition) is 1. The third-order valence-electron chi connectivity index (χ3n) is 7.29. The highest BCUT2D eigenvalue weighted by Crippen LogP contribution is 2.60. The molecule has 2 aliphatic carbocycles. The van der Waals surface area contributed by atoms with Gasteiger partial charge < -0.3 is 5.11 Å². The van der Waals surface area contributed by atoms with Gasteiger partial charge in [0, 0.05) is 0 Å². The maximum absolute atomic E-state index is 9.99. The van der Waals surface area contributed by atoms with Crippen LogP contribution in [0.1, 0.15) is 86.5 Å². The lowest BCUT2D eigenvalue weighted by atomic mass is 9.58. The lowest BCUT2D eigenvalue weighted by Gasteiger charge is -2.47. The smallest absolute Gasteiger partial charge is 0.0591 e. The van der Waals surface area contributed by atoms with E-state index in [0.29, 0.717) is 5.41 Å². The molecule has 2 fully saturated rings. The van der Waals surface area contributed by atoms with Crippen molar-refractivity contribution >= 4 is 0 Å². The van der Waals surface area contributed by atoms with Crippen LogP contribution in [-0.2, 0) is 0 Å². The molecule has 0 aromatic rings. The van der Waals surface area contributed by atoms with Crippen molar-refractivity contribution in [3.05, 3.63) is 0 Å². The maximum atomic E-state index is 9.99. The van der Waals surface area contributed by atoms with Crippen LogP contribution in [0.3, 0.4) is 0 Å². The van der Waals surface area contributed by atoms with Crippen LogP contribution in [0.4, 0.5) is 0 Å². The van der Waals surface area contributed by atoms with E-state index >= 15 is 0 Å². The van der Waals surface area contributed by atoms with E-state index < -0.39 is 5.60 Å². The van der Waals surface area contributed by atoms with E-state index in [1.807, 2.05) is 13.8 Å². The zero-order valence-electron chi connectivity index (χ0n) is 15.3. The largest absolute Gasteiger partial charge is 0.390 e. The summed E-state index contributed by atoms with van der Waals surface area (Å²) in [6, 6.07) is 0. The molecular formula is C20H38O. The van der Waals surface area contributed by atoms with Gasteiger partial charge in [-0.25, -0.2) is 0 Å². The van der Waals surface area contributed by atoms with Gasteiger partial charge in [0.15, 0.2) is 0 Å². The fourth-order valence-electron chi connectivity index (χ4n) is 5.71. The van der Waals surface area contributed by atoms with Crippen LogP contribution in [-0.4, -0.2) is 10.7 Å². The van der Waals surface area contributed by atoms with Crippen LogP contribution in [0.5, 0.6) is 0 Å². The van der Waals surface area contributed by atoms with Crippen LogP contribution in [0.25, 0.3) is 0 Å². The Morgan fingerprint density at radius 1 is 1.19 bits per heavy atom.